The molecule has 88 valence electrons. The topological polar surface area (TPSA) is 12.0 Å². The van der Waals surface area contributed by atoms with Crippen LogP contribution in [-0.2, 0) is 0 Å². The zero-order valence-electron chi connectivity index (χ0n) is 9.58. The third kappa shape index (κ3) is 3.51. The Bertz CT molecular complexity index is 319. The average Bonchev–Trinajstić information content (AvgIpc) is 2.31. The molecule has 1 aliphatic heterocycles. The van der Waals surface area contributed by atoms with E-state index in [2.05, 4.69) is 64.2 Å². The third-order valence-electron chi connectivity index (χ3n) is 3.08. The molecule has 1 aromatic rings. The van der Waals surface area contributed by atoms with E-state index in [1.807, 2.05) is 0 Å². The standard InChI is InChI=1S/C13H18BrNS/c1-10(11-2-4-12(14)5-3-11)15-13-6-8-16-9-7-13/h2-5,10,13,15H,6-9H2,1H3/t10-/m1/s1. The zero-order valence-corrected chi connectivity index (χ0v) is 12.0. The first-order chi connectivity index (χ1) is 7.75. The fourth-order valence-electron chi connectivity index (χ4n) is 2.07. The largest absolute Gasteiger partial charge is 0.307 e. The first-order valence-electron chi connectivity index (χ1n) is 5.85. The predicted octanol–water partition coefficient (Wildman–Crippen LogP) is 4.00. The number of hydrogen-bond donors (Lipinski definition) is 1. The minimum absolute atomic E-state index is 0.459. The highest BCUT2D eigenvalue weighted by Crippen LogP contribution is 2.21. The summed E-state index contributed by atoms with van der Waals surface area (Å²) in [5.41, 5.74) is 1.38. The highest BCUT2D eigenvalue weighted by atomic mass is 79.9. The van der Waals surface area contributed by atoms with Crippen LogP contribution in [0, 0.1) is 0 Å². The molecule has 1 nitrogen and oxygen atoms in total. The molecule has 0 amide bonds. The average molecular weight is 300 g/mol. The molecule has 0 aliphatic carbocycles. The second kappa shape index (κ2) is 6.08. The fourth-order valence-corrected chi connectivity index (χ4v) is 3.44. The van der Waals surface area contributed by atoms with E-state index in [1.165, 1.54) is 29.9 Å². The molecular formula is C13H18BrNS. The molecule has 0 unspecified atom stereocenters. The van der Waals surface area contributed by atoms with Crippen molar-refractivity contribution in [3.05, 3.63) is 34.3 Å². The highest BCUT2D eigenvalue weighted by Gasteiger charge is 2.16. The van der Waals surface area contributed by atoms with Crippen LogP contribution in [0.15, 0.2) is 28.7 Å². The van der Waals surface area contributed by atoms with Crippen molar-refractivity contribution in [1.82, 2.24) is 5.32 Å². The molecule has 1 fully saturated rings. The molecule has 0 spiro atoms. The molecule has 1 N–H and O–H groups in total. The molecule has 3 heteroatoms. The van der Waals surface area contributed by atoms with Gasteiger partial charge in [-0.25, -0.2) is 0 Å². The van der Waals surface area contributed by atoms with Gasteiger partial charge in [0.1, 0.15) is 0 Å². The first-order valence-corrected chi connectivity index (χ1v) is 7.80. The second-order valence-electron chi connectivity index (χ2n) is 4.33. The summed E-state index contributed by atoms with van der Waals surface area (Å²) >= 11 is 5.55. The minimum atomic E-state index is 0.459. The molecule has 1 aliphatic rings. The van der Waals surface area contributed by atoms with Crippen LogP contribution in [0.5, 0.6) is 0 Å². The Morgan fingerprint density at radius 3 is 2.50 bits per heavy atom. The molecule has 0 aromatic heterocycles. The van der Waals surface area contributed by atoms with Crippen LogP contribution >= 0.6 is 27.7 Å². The van der Waals surface area contributed by atoms with Crippen molar-refractivity contribution in [3.63, 3.8) is 0 Å². The van der Waals surface area contributed by atoms with E-state index in [0.717, 1.165) is 4.47 Å². The van der Waals surface area contributed by atoms with Crippen LogP contribution in [0.1, 0.15) is 31.4 Å². The van der Waals surface area contributed by atoms with E-state index in [1.54, 1.807) is 0 Å². The summed E-state index contributed by atoms with van der Waals surface area (Å²) in [5, 5.41) is 3.73. The summed E-state index contributed by atoms with van der Waals surface area (Å²) in [4.78, 5) is 0. The summed E-state index contributed by atoms with van der Waals surface area (Å²) in [6.45, 7) is 2.25. The summed E-state index contributed by atoms with van der Waals surface area (Å²) in [6, 6.07) is 9.79. The van der Waals surface area contributed by atoms with Gasteiger partial charge >= 0.3 is 0 Å². The fraction of sp³-hybridized carbons (Fsp3) is 0.538. The number of rotatable bonds is 3. The lowest BCUT2D eigenvalue weighted by molar-refractivity contribution is 0.431. The van der Waals surface area contributed by atoms with E-state index >= 15 is 0 Å². The minimum Gasteiger partial charge on any atom is -0.307 e. The van der Waals surface area contributed by atoms with E-state index in [-0.39, 0.29) is 0 Å². The van der Waals surface area contributed by atoms with Crippen LogP contribution in [0.2, 0.25) is 0 Å². The Kier molecular flexibility index (Phi) is 4.74. The van der Waals surface area contributed by atoms with Gasteiger partial charge in [-0.2, -0.15) is 11.8 Å². The Morgan fingerprint density at radius 1 is 1.25 bits per heavy atom. The lowest BCUT2D eigenvalue weighted by Gasteiger charge is -2.26. The van der Waals surface area contributed by atoms with Crippen LogP contribution in [-0.4, -0.2) is 17.5 Å². The molecule has 0 bridgehead atoms. The molecular weight excluding hydrogens is 282 g/mol. The van der Waals surface area contributed by atoms with Crippen molar-refractivity contribution in [1.29, 1.82) is 0 Å². The summed E-state index contributed by atoms with van der Waals surface area (Å²) in [6.07, 6.45) is 2.62. The number of thioether (sulfide) groups is 1. The van der Waals surface area contributed by atoms with Crippen molar-refractivity contribution in [3.8, 4) is 0 Å². The number of nitrogens with one attached hydrogen (secondary N) is 1. The quantitative estimate of drug-likeness (QED) is 0.905. The third-order valence-corrected chi connectivity index (χ3v) is 4.65. The highest BCUT2D eigenvalue weighted by molar-refractivity contribution is 9.10. The molecule has 1 heterocycles. The maximum absolute atomic E-state index is 3.73. The first kappa shape index (κ1) is 12.5. The SMILES string of the molecule is C[C@@H](NC1CCSCC1)c1ccc(Br)cc1. The number of hydrogen-bond acceptors (Lipinski definition) is 2. The smallest absolute Gasteiger partial charge is 0.0294 e. The Morgan fingerprint density at radius 2 is 1.88 bits per heavy atom. The Balaban J connectivity index is 1.91. The van der Waals surface area contributed by atoms with Crippen molar-refractivity contribution in [2.24, 2.45) is 0 Å². The van der Waals surface area contributed by atoms with E-state index in [0.29, 0.717) is 12.1 Å². The molecule has 0 saturated carbocycles. The van der Waals surface area contributed by atoms with Gasteiger partial charge in [-0.15, -0.1) is 0 Å². The van der Waals surface area contributed by atoms with Crippen molar-refractivity contribution in [2.45, 2.75) is 31.8 Å². The maximum atomic E-state index is 3.73. The Hall–Kier alpha value is 0.01000. The van der Waals surface area contributed by atoms with E-state index in [9.17, 15) is 0 Å². The van der Waals surface area contributed by atoms with Gasteiger partial charge in [0.2, 0.25) is 0 Å². The second-order valence-corrected chi connectivity index (χ2v) is 6.47. The molecule has 0 radical (unpaired) electrons. The van der Waals surface area contributed by atoms with Crippen LogP contribution in [0.3, 0.4) is 0 Å². The number of benzene rings is 1. The van der Waals surface area contributed by atoms with Gasteiger partial charge in [0.25, 0.3) is 0 Å². The van der Waals surface area contributed by atoms with Gasteiger partial charge < -0.3 is 5.32 Å². The number of halogens is 1. The van der Waals surface area contributed by atoms with Crippen molar-refractivity contribution in [2.75, 3.05) is 11.5 Å². The zero-order chi connectivity index (χ0) is 11.4. The van der Waals surface area contributed by atoms with Gasteiger partial charge in [0.05, 0.1) is 0 Å². The van der Waals surface area contributed by atoms with Crippen molar-refractivity contribution >= 4 is 27.7 Å². The van der Waals surface area contributed by atoms with Crippen LogP contribution in [0.4, 0.5) is 0 Å². The molecule has 1 saturated heterocycles. The molecule has 16 heavy (non-hydrogen) atoms. The lowest BCUT2D eigenvalue weighted by atomic mass is 10.1. The van der Waals surface area contributed by atoms with Gasteiger partial charge in [0.15, 0.2) is 0 Å². The molecule has 1 aromatic carbocycles. The van der Waals surface area contributed by atoms with E-state index < -0.39 is 0 Å². The Labute approximate surface area is 111 Å². The normalized spacial score (nSPS) is 19.6. The van der Waals surface area contributed by atoms with Crippen molar-refractivity contribution < 1.29 is 0 Å². The van der Waals surface area contributed by atoms with Gasteiger partial charge in [-0.3, -0.25) is 0 Å². The maximum Gasteiger partial charge on any atom is 0.0294 e. The lowest BCUT2D eigenvalue weighted by Crippen LogP contribution is -2.34. The van der Waals surface area contributed by atoms with E-state index in [4.69, 9.17) is 0 Å². The van der Waals surface area contributed by atoms with Gasteiger partial charge in [-0.05, 0) is 49.0 Å². The monoisotopic (exact) mass is 299 g/mol. The van der Waals surface area contributed by atoms with Crippen LogP contribution in [0.25, 0.3) is 0 Å². The summed E-state index contributed by atoms with van der Waals surface area (Å²) < 4.78 is 1.15. The van der Waals surface area contributed by atoms with Gasteiger partial charge in [-0.1, -0.05) is 28.1 Å². The summed E-state index contributed by atoms with van der Waals surface area (Å²) in [7, 11) is 0. The predicted molar refractivity (Wildman–Crippen MR) is 76.0 cm³/mol. The molecule has 2 rings (SSSR count). The van der Waals surface area contributed by atoms with Crippen LogP contribution < -0.4 is 5.32 Å². The summed E-state index contributed by atoms with van der Waals surface area (Å²) in [5.74, 6) is 2.62. The van der Waals surface area contributed by atoms with Gasteiger partial charge in [0, 0.05) is 16.6 Å². The molecule has 1 atom stereocenters.